The van der Waals surface area contributed by atoms with Gasteiger partial charge in [0.2, 0.25) is 0 Å². The summed E-state index contributed by atoms with van der Waals surface area (Å²) in [6, 6.07) is 0. The van der Waals surface area contributed by atoms with Crippen LogP contribution in [0, 0.1) is 0 Å². The summed E-state index contributed by atoms with van der Waals surface area (Å²) in [6.07, 6.45) is 0.716. The number of nitrogens with zero attached hydrogens (tertiary/aromatic N) is 1. The molecule has 0 heterocycles. The van der Waals surface area contributed by atoms with Crippen molar-refractivity contribution >= 4 is 0 Å². The summed E-state index contributed by atoms with van der Waals surface area (Å²) < 4.78 is 32.1. The highest BCUT2D eigenvalue weighted by Crippen LogP contribution is 1.93. The molecule has 0 unspecified atom stereocenters. The van der Waals surface area contributed by atoms with E-state index in [0.717, 1.165) is 19.6 Å². The lowest BCUT2D eigenvalue weighted by molar-refractivity contribution is -0.00239. The van der Waals surface area contributed by atoms with Gasteiger partial charge in [0.1, 0.15) is 0 Å². The van der Waals surface area contributed by atoms with Gasteiger partial charge in [-0.15, -0.1) is 0 Å². The van der Waals surface area contributed by atoms with Crippen molar-refractivity contribution in [2.75, 3.05) is 119 Å². The van der Waals surface area contributed by atoms with Crippen molar-refractivity contribution in [3.05, 3.63) is 0 Å². The van der Waals surface area contributed by atoms with Gasteiger partial charge in [0.25, 0.3) is 0 Å². The maximum Gasteiger partial charge on any atom is 0.0701 e. The number of ether oxygens (including phenoxy) is 6. The molecule has 3 N–H and O–H groups in total. The Morgan fingerprint density at radius 1 is 0.379 bits per heavy atom. The van der Waals surface area contributed by atoms with Crippen molar-refractivity contribution < 1.29 is 43.7 Å². The predicted molar refractivity (Wildman–Crippen MR) is 107 cm³/mol. The highest BCUT2D eigenvalue weighted by Gasteiger charge is 2.05. The summed E-state index contributed by atoms with van der Waals surface area (Å²) >= 11 is 0. The minimum atomic E-state index is 0.0241. The van der Waals surface area contributed by atoms with Crippen LogP contribution in [-0.2, 0) is 28.4 Å². The highest BCUT2D eigenvalue weighted by molar-refractivity contribution is 4.57. The van der Waals surface area contributed by atoms with Crippen LogP contribution in [0.1, 0.15) is 6.42 Å². The SMILES string of the molecule is OCCCN(CCOCCOCCOCCO)CCOCCOCCOCCO. The largest absolute Gasteiger partial charge is 0.396 e. The Morgan fingerprint density at radius 2 is 0.724 bits per heavy atom. The van der Waals surface area contributed by atoms with Crippen molar-refractivity contribution in [1.82, 2.24) is 4.90 Å². The molecule has 0 bridgehead atoms. The lowest BCUT2D eigenvalue weighted by Crippen LogP contribution is -2.33. The molecule has 0 saturated heterocycles. The average Bonchev–Trinajstić information content (AvgIpc) is 2.74. The van der Waals surface area contributed by atoms with E-state index in [1.165, 1.54) is 0 Å². The Bertz CT molecular complexity index is 277. The van der Waals surface area contributed by atoms with Crippen LogP contribution in [0.25, 0.3) is 0 Å². The fourth-order valence-corrected chi connectivity index (χ4v) is 2.23. The molecule has 0 saturated carbocycles. The van der Waals surface area contributed by atoms with Gasteiger partial charge >= 0.3 is 0 Å². The molecule has 0 aliphatic rings. The van der Waals surface area contributed by atoms with Crippen LogP contribution in [0.5, 0.6) is 0 Å². The third-order valence-electron chi connectivity index (χ3n) is 3.70. The molecule has 29 heavy (non-hydrogen) atoms. The molecular formula is C19H41NO9. The van der Waals surface area contributed by atoms with Gasteiger partial charge in [0, 0.05) is 26.2 Å². The molecule has 10 heteroatoms. The van der Waals surface area contributed by atoms with Gasteiger partial charge in [-0.25, -0.2) is 0 Å². The number of aliphatic hydroxyl groups is 3. The Balaban J connectivity index is 3.52. The molecule has 0 aromatic heterocycles. The minimum Gasteiger partial charge on any atom is -0.396 e. The van der Waals surface area contributed by atoms with Crippen LogP contribution in [0.15, 0.2) is 0 Å². The number of hydrogen-bond donors (Lipinski definition) is 3. The predicted octanol–water partition coefficient (Wildman–Crippen LogP) is -1.24. The van der Waals surface area contributed by atoms with E-state index in [9.17, 15) is 0 Å². The van der Waals surface area contributed by atoms with Crippen LogP contribution in [0.4, 0.5) is 0 Å². The molecule has 0 aliphatic carbocycles. The number of hydrogen-bond acceptors (Lipinski definition) is 10. The molecule has 0 aliphatic heterocycles. The summed E-state index contributed by atoms with van der Waals surface area (Å²) in [6.45, 7) is 8.35. The van der Waals surface area contributed by atoms with Crippen LogP contribution >= 0.6 is 0 Å². The van der Waals surface area contributed by atoms with E-state index < -0.39 is 0 Å². The van der Waals surface area contributed by atoms with E-state index in [1.807, 2.05) is 0 Å². The molecule has 10 nitrogen and oxygen atoms in total. The summed E-state index contributed by atoms with van der Waals surface area (Å²) in [7, 11) is 0. The maximum atomic E-state index is 9.04. The summed E-state index contributed by atoms with van der Waals surface area (Å²) in [4.78, 5) is 2.20. The molecule has 0 fully saturated rings. The number of aliphatic hydroxyl groups excluding tert-OH is 3. The van der Waals surface area contributed by atoms with Crippen molar-refractivity contribution in [2.45, 2.75) is 6.42 Å². The number of rotatable bonds is 25. The summed E-state index contributed by atoms with van der Waals surface area (Å²) in [5.74, 6) is 0. The molecule has 0 radical (unpaired) electrons. The zero-order chi connectivity index (χ0) is 21.3. The first-order valence-electron chi connectivity index (χ1n) is 10.4. The van der Waals surface area contributed by atoms with Gasteiger partial charge < -0.3 is 43.7 Å². The monoisotopic (exact) mass is 427 g/mol. The standard InChI is InChI=1S/C19H41NO9/c21-5-1-2-20(3-8-24-12-16-28-18-14-26-10-6-22)4-9-25-13-17-29-19-15-27-11-7-23/h21-23H,1-19H2. The van der Waals surface area contributed by atoms with Gasteiger partial charge in [0.15, 0.2) is 0 Å². The molecule has 0 aromatic carbocycles. The summed E-state index contributed by atoms with van der Waals surface area (Å²) in [5, 5.41) is 26.2. The zero-order valence-electron chi connectivity index (χ0n) is 17.7. The van der Waals surface area contributed by atoms with Crippen molar-refractivity contribution in [2.24, 2.45) is 0 Å². The third kappa shape index (κ3) is 23.7. The van der Waals surface area contributed by atoms with Gasteiger partial charge in [0.05, 0.1) is 92.5 Å². The second-order valence-electron chi connectivity index (χ2n) is 6.04. The smallest absolute Gasteiger partial charge is 0.0701 e. The molecule has 0 spiro atoms. The van der Waals surface area contributed by atoms with Crippen LogP contribution < -0.4 is 0 Å². The molecule has 0 rings (SSSR count). The lowest BCUT2D eigenvalue weighted by atomic mass is 10.4. The summed E-state index contributed by atoms with van der Waals surface area (Å²) in [5.41, 5.74) is 0. The van der Waals surface area contributed by atoms with E-state index in [1.54, 1.807) is 0 Å². The van der Waals surface area contributed by atoms with E-state index >= 15 is 0 Å². The van der Waals surface area contributed by atoms with E-state index in [-0.39, 0.29) is 19.8 Å². The third-order valence-corrected chi connectivity index (χ3v) is 3.70. The van der Waals surface area contributed by atoms with E-state index in [2.05, 4.69) is 4.90 Å². The van der Waals surface area contributed by atoms with Crippen LogP contribution in [0.3, 0.4) is 0 Å². The van der Waals surface area contributed by atoms with Crippen molar-refractivity contribution in [3.63, 3.8) is 0 Å². The maximum absolute atomic E-state index is 9.04. The second-order valence-corrected chi connectivity index (χ2v) is 6.04. The van der Waals surface area contributed by atoms with E-state index in [4.69, 9.17) is 43.7 Å². The molecule has 0 atom stereocenters. The zero-order valence-corrected chi connectivity index (χ0v) is 17.7. The Kier molecular flexibility index (Phi) is 25.3. The van der Waals surface area contributed by atoms with Gasteiger partial charge in [-0.3, -0.25) is 4.90 Å². The fourth-order valence-electron chi connectivity index (χ4n) is 2.23. The topological polar surface area (TPSA) is 119 Å². The quantitative estimate of drug-likeness (QED) is 0.153. The van der Waals surface area contributed by atoms with E-state index in [0.29, 0.717) is 85.7 Å². The average molecular weight is 428 g/mol. The first-order valence-corrected chi connectivity index (χ1v) is 10.4. The Hall–Kier alpha value is -0.400. The Labute approximate surface area is 174 Å². The molecule has 0 aromatic rings. The fraction of sp³-hybridized carbons (Fsp3) is 1.00. The normalized spacial score (nSPS) is 11.6. The lowest BCUT2D eigenvalue weighted by Gasteiger charge is -2.21. The van der Waals surface area contributed by atoms with Gasteiger partial charge in [-0.2, -0.15) is 0 Å². The molecular weight excluding hydrogens is 386 g/mol. The van der Waals surface area contributed by atoms with Crippen LogP contribution in [-0.4, -0.2) is 139 Å². The first-order chi connectivity index (χ1) is 14.3. The second kappa shape index (κ2) is 25.6. The molecule has 0 amide bonds. The van der Waals surface area contributed by atoms with Crippen molar-refractivity contribution in [3.8, 4) is 0 Å². The Morgan fingerprint density at radius 3 is 1.07 bits per heavy atom. The van der Waals surface area contributed by atoms with Crippen LogP contribution in [0.2, 0.25) is 0 Å². The highest BCUT2D eigenvalue weighted by atomic mass is 16.6. The first kappa shape index (κ1) is 28.6. The van der Waals surface area contributed by atoms with Gasteiger partial charge in [-0.1, -0.05) is 0 Å². The molecule has 176 valence electrons. The van der Waals surface area contributed by atoms with Gasteiger partial charge in [-0.05, 0) is 6.42 Å². The van der Waals surface area contributed by atoms with Crippen molar-refractivity contribution in [1.29, 1.82) is 0 Å². The minimum absolute atomic E-state index is 0.0241.